The molecule has 0 atom stereocenters. The summed E-state index contributed by atoms with van der Waals surface area (Å²) in [7, 11) is 4.23. The monoisotopic (exact) mass is 153 g/mol. The molecule has 0 N–H and O–H groups in total. The number of likely N-dealkylation sites (N-methyl/N-ethyl adjacent to an activating group) is 1. The maximum Gasteiger partial charge on any atom is 0.113 e. The van der Waals surface area contributed by atoms with Crippen LogP contribution in [0.3, 0.4) is 0 Å². The molecule has 11 heavy (non-hydrogen) atoms. The molecule has 2 heteroatoms. The van der Waals surface area contributed by atoms with Crippen LogP contribution < -0.4 is 0 Å². The van der Waals surface area contributed by atoms with Crippen LogP contribution >= 0.6 is 0 Å². The summed E-state index contributed by atoms with van der Waals surface area (Å²) in [6.07, 6.45) is 1.14. The first-order valence-corrected chi connectivity index (χ1v) is 3.91. The molecule has 0 aliphatic rings. The van der Waals surface area contributed by atoms with E-state index in [1.807, 2.05) is 0 Å². The highest BCUT2D eigenvalue weighted by atomic mass is 15.3. The highest BCUT2D eigenvalue weighted by Crippen LogP contribution is 2.03. The predicted molar refractivity (Wildman–Crippen MR) is 46.9 cm³/mol. The van der Waals surface area contributed by atoms with Crippen molar-refractivity contribution in [3.8, 4) is 6.07 Å². The predicted octanol–water partition coefficient (Wildman–Crippen LogP) is 1.55. The summed E-state index contributed by atoms with van der Waals surface area (Å²) in [5, 5.41) is 8.51. The molecule has 2 nitrogen and oxygen atoms in total. The van der Waals surface area contributed by atoms with Crippen LogP contribution in [0, 0.1) is 11.3 Å². The highest BCUT2D eigenvalue weighted by molar-refractivity contribution is 5.15. The van der Waals surface area contributed by atoms with Crippen molar-refractivity contribution < 1.29 is 4.48 Å². The molecule has 0 spiro atoms. The Bertz CT molecular complexity index is 174. The third-order valence-electron chi connectivity index (χ3n) is 1.61. The van der Waals surface area contributed by atoms with Crippen LogP contribution in [0.2, 0.25) is 0 Å². The van der Waals surface area contributed by atoms with Crippen molar-refractivity contribution in [2.45, 2.75) is 13.3 Å². The highest BCUT2D eigenvalue weighted by Gasteiger charge is 2.14. The Balaban J connectivity index is 3.92. The fraction of sp³-hybridized carbons (Fsp3) is 0.667. The summed E-state index contributed by atoms with van der Waals surface area (Å²) >= 11 is 0. The molecule has 0 amide bonds. The lowest BCUT2D eigenvalue weighted by Gasteiger charge is -2.28. The average Bonchev–Trinajstić information content (AvgIpc) is 1.86. The second-order valence-corrected chi connectivity index (χ2v) is 3.53. The Hall–Kier alpha value is -0.810. The number of rotatable bonds is 4. The molecule has 0 rings (SSSR count). The van der Waals surface area contributed by atoms with Gasteiger partial charge >= 0.3 is 0 Å². The first-order valence-electron chi connectivity index (χ1n) is 3.91. The molecule has 62 valence electrons. The fourth-order valence-electron chi connectivity index (χ4n) is 1.24. The summed E-state index contributed by atoms with van der Waals surface area (Å²) in [6.45, 7) is 7.68. The zero-order valence-corrected chi connectivity index (χ0v) is 7.72. The van der Waals surface area contributed by atoms with Gasteiger partial charge in [-0.2, -0.15) is 5.26 Å². The van der Waals surface area contributed by atoms with Gasteiger partial charge in [-0.1, -0.05) is 13.5 Å². The Morgan fingerprint density at radius 2 is 2.09 bits per heavy atom. The van der Waals surface area contributed by atoms with Gasteiger partial charge in [-0.25, -0.2) is 0 Å². The lowest BCUT2D eigenvalue weighted by Crippen LogP contribution is -2.41. The molecule has 0 saturated carbocycles. The zero-order chi connectivity index (χ0) is 8.91. The van der Waals surface area contributed by atoms with Crippen LogP contribution in [0.1, 0.15) is 13.3 Å². The maximum atomic E-state index is 8.51. The van der Waals surface area contributed by atoms with Gasteiger partial charge < -0.3 is 4.48 Å². The minimum absolute atomic E-state index is 0.670. The van der Waals surface area contributed by atoms with E-state index in [0.29, 0.717) is 5.57 Å². The zero-order valence-electron chi connectivity index (χ0n) is 7.72. The van der Waals surface area contributed by atoms with Crippen LogP contribution in [-0.2, 0) is 0 Å². The third-order valence-corrected chi connectivity index (χ3v) is 1.61. The summed E-state index contributed by atoms with van der Waals surface area (Å²) in [4.78, 5) is 0. The van der Waals surface area contributed by atoms with Gasteiger partial charge in [-0.15, -0.1) is 0 Å². The second-order valence-electron chi connectivity index (χ2n) is 3.53. The van der Waals surface area contributed by atoms with Gasteiger partial charge in [0.2, 0.25) is 0 Å². The smallest absolute Gasteiger partial charge is 0.113 e. The lowest BCUT2D eigenvalue weighted by atomic mass is 10.2. The molecule has 0 aliphatic heterocycles. The fourth-order valence-corrected chi connectivity index (χ4v) is 1.24. The van der Waals surface area contributed by atoms with E-state index in [9.17, 15) is 0 Å². The molecule has 0 bridgehead atoms. The molecular weight excluding hydrogens is 136 g/mol. The molecule has 0 saturated heterocycles. The molecule has 0 aromatic carbocycles. The molecular formula is C9H17N2+. The normalized spacial score (nSPS) is 10.7. The molecule has 0 fully saturated rings. The van der Waals surface area contributed by atoms with Gasteiger partial charge in [0.05, 0.1) is 32.3 Å². The minimum atomic E-state index is 0.670. The van der Waals surface area contributed by atoms with Gasteiger partial charge in [0.15, 0.2) is 0 Å². The van der Waals surface area contributed by atoms with Gasteiger partial charge in [0.25, 0.3) is 0 Å². The molecule has 0 aromatic rings. The summed E-state index contributed by atoms with van der Waals surface area (Å²) < 4.78 is 0.864. The lowest BCUT2D eigenvalue weighted by molar-refractivity contribution is -0.885. The molecule has 0 radical (unpaired) electrons. The van der Waals surface area contributed by atoms with E-state index in [1.54, 1.807) is 0 Å². The Morgan fingerprint density at radius 1 is 1.55 bits per heavy atom. The summed E-state index contributed by atoms with van der Waals surface area (Å²) in [5.41, 5.74) is 0.670. The Labute approximate surface area is 69.3 Å². The third kappa shape index (κ3) is 4.58. The van der Waals surface area contributed by atoms with Crippen molar-refractivity contribution in [3.63, 3.8) is 0 Å². The van der Waals surface area contributed by atoms with E-state index in [-0.39, 0.29) is 0 Å². The number of hydrogen-bond donors (Lipinski definition) is 0. The molecule has 0 heterocycles. The Kier molecular flexibility index (Phi) is 3.84. The quantitative estimate of drug-likeness (QED) is 0.444. The van der Waals surface area contributed by atoms with Crippen LogP contribution in [0.25, 0.3) is 0 Å². The number of quaternary nitrogens is 1. The van der Waals surface area contributed by atoms with Crippen molar-refractivity contribution in [2.24, 2.45) is 0 Å². The van der Waals surface area contributed by atoms with E-state index in [4.69, 9.17) is 5.26 Å². The number of nitriles is 1. The molecule has 0 unspecified atom stereocenters. The minimum Gasteiger partial charge on any atom is -0.324 e. The first kappa shape index (κ1) is 10.2. The van der Waals surface area contributed by atoms with Crippen LogP contribution in [0.4, 0.5) is 0 Å². The van der Waals surface area contributed by atoms with Gasteiger partial charge in [-0.05, 0) is 6.42 Å². The Morgan fingerprint density at radius 3 is 2.45 bits per heavy atom. The van der Waals surface area contributed by atoms with E-state index in [0.717, 1.165) is 24.0 Å². The average molecular weight is 153 g/mol. The van der Waals surface area contributed by atoms with E-state index >= 15 is 0 Å². The summed E-state index contributed by atoms with van der Waals surface area (Å²) in [5.74, 6) is 0. The van der Waals surface area contributed by atoms with Gasteiger partial charge in [-0.3, -0.25) is 0 Å². The van der Waals surface area contributed by atoms with E-state index in [1.165, 1.54) is 0 Å². The first-order chi connectivity index (χ1) is 5.02. The largest absolute Gasteiger partial charge is 0.324 e. The van der Waals surface area contributed by atoms with Crippen LogP contribution in [-0.4, -0.2) is 31.7 Å². The summed E-state index contributed by atoms with van der Waals surface area (Å²) in [6, 6.07) is 2.07. The SMILES string of the molecule is C=C(C#N)C[N+](C)(C)CCC. The topological polar surface area (TPSA) is 23.8 Å². The second kappa shape index (κ2) is 4.15. The van der Waals surface area contributed by atoms with Crippen LogP contribution in [0.15, 0.2) is 12.2 Å². The standard InChI is InChI=1S/C9H17N2/c1-5-6-11(3,4)8-9(2)7-10/h2,5-6,8H2,1,3-4H3/q+1. The number of hydrogen-bond acceptors (Lipinski definition) is 1. The van der Waals surface area contributed by atoms with Gasteiger partial charge in [0.1, 0.15) is 6.54 Å². The van der Waals surface area contributed by atoms with Crippen molar-refractivity contribution in [1.29, 1.82) is 5.26 Å². The molecule has 0 aliphatic carbocycles. The van der Waals surface area contributed by atoms with Crippen molar-refractivity contribution in [3.05, 3.63) is 12.2 Å². The van der Waals surface area contributed by atoms with E-state index in [2.05, 4.69) is 33.7 Å². The molecule has 0 aromatic heterocycles. The van der Waals surface area contributed by atoms with Crippen molar-refractivity contribution in [1.82, 2.24) is 0 Å². The number of nitrogens with zero attached hydrogens (tertiary/aromatic N) is 2. The van der Waals surface area contributed by atoms with Crippen LogP contribution in [0.5, 0.6) is 0 Å². The van der Waals surface area contributed by atoms with E-state index < -0.39 is 0 Å². The van der Waals surface area contributed by atoms with Crippen molar-refractivity contribution >= 4 is 0 Å². The van der Waals surface area contributed by atoms with Crippen molar-refractivity contribution in [2.75, 3.05) is 27.2 Å². The maximum absolute atomic E-state index is 8.51. The van der Waals surface area contributed by atoms with Gasteiger partial charge in [0, 0.05) is 0 Å².